The largest absolute Gasteiger partial charge is 0.490 e. The minimum Gasteiger partial charge on any atom is -0.422 e. The second-order valence-electron chi connectivity index (χ2n) is 9.77. The Bertz CT molecular complexity index is 2050. The maximum atomic E-state index is 12.6. The summed E-state index contributed by atoms with van der Waals surface area (Å²) in [6, 6.07) is 7.11. The van der Waals surface area contributed by atoms with Crippen molar-refractivity contribution in [1.29, 1.82) is 0 Å². The Hall–Kier alpha value is -3.73. The summed E-state index contributed by atoms with van der Waals surface area (Å²) in [5.74, 6) is 1.49. The van der Waals surface area contributed by atoms with Crippen LogP contribution in [0.5, 0.6) is 0 Å². The number of amides is 1. The fourth-order valence-corrected chi connectivity index (χ4v) is 7.31. The van der Waals surface area contributed by atoms with Gasteiger partial charge in [0.25, 0.3) is 0 Å². The van der Waals surface area contributed by atoms with Crippen LogP contribution in [0.1, 0.15) is 29.3 Å². The van der Waals surface area contributed by atoms with Crippen molar-refractivity contribution >= 4 is 51.8 Å². The molecule has 0 saturated carbocycles. The first-order chi connectivity index (χ1) is 21.7. The van der Waals surface area contributed by atoms with Crippen molar-refractivity contribution in [2.45, 2.75) is 38.2 Å². The number of phosphoric acid groups is 3. The van der Waals surface area contributed by atoms with Crippen molar-refractivity contribution in [3.8, 4) is 12.0 Å². The van der Waals surface area contributed by atoms with Gasteiger partial charge in [-0.1, -0.05) is 0 Å². The highest BCUT2D eigenvalue weighted by Crippen LogP contribution is 2.66. The molecule has 24 heteroatoms. The van der Waals surface area contributed by atoms with Gasteiger partial charge in [-0.25, -0.2) is 23.3 Å². The van der Waals surface area contributed by atoms with Crippen LogP contribution in [0.3, 0.4) is 0 Å². The number of aliphatic hydroxyl groups excluding tert-OH is 1. The van der Waals surface area contributed by atoms with Gasteiger partial charge in [0.1, 0.15) is 23.7 Å². The van der Waals surface area contributed by atoms with E-state index in [1.807, 2.05) is 0 Å². The van der Waals surface area contributed by atoms with Gasteiger partial charge in [-0.2, -0.15) is 13.6 Å². The number of hydrogen-bond donors (Lipinski definition) is 8. The van der Waals surface area contributed by atoms with Gasteiger partial charge in [-0.05, 0) is 30.5 Å². The van der Waals surface area contributed by atoms with Gasteiger partial charge in [0, 0.05) is 35.8 Å². The molecule has 4 rings (SSSR count). The summed E-state index contributed by atoms with van der Waals surface area (Å²) in [6.07, 6.45) is -3.73. The number of aromatic nitrogens is 2. The van der Waals surface area contributed by atoms with Gasteiger partial charge in [-0.3, -0.25) is 19.2 Å². The number of anilines is 2. The number of fused-ring (bicyclic) bond motifs is 1. The number of rotatable bonds is 10. The lowest BCUT2D eigenvalue weighted by atomic mass is 10.0. The summed E-state index contributed by atoms with van der Waals surface area (Å²) in [7, 11) is -16.9. The normalized spacial score (nSPS) is 20.6. The lowest BCUT2D eigenvalue weighted by molar-refractivity contribution is -0.119. The van der Waals surface area contributed by atoms with E-state index in [1.54, 1.807) is 19.1 Å². The van der Waals surface area contributed by atoms with E-state index < -0.39 is 65.7 Å². The standard InChI is InChI=1S/C23H26N5O16P3/c1-11-14-3-2-13(24)6-17(14)42-22(31)15(11)7-19(30)26-5-4-12-9-28(23(32)27-21(12)25)20-8-16(29)18(41-20)10-40-46(36,37)44-47(38,39)43-45(33,34)35/h2-3,6,9,16,18,20,29H,7-8,10,24H2,1H3,(H,26,30)(H,36,37)(H,38,39)(H2,25,27,32)(H2,33,34,35)/t16-,18?,20-/m1/s1. The minimum atomic E-state index is -5.77. The van der Waals surface area contributed by atoms with Crippen molar-refractivity contribution < 1.29 is 65.5 Å². The molecule has 47 heavy (non-hydrogen) atoms. The van der Waals surface area contributed by atoms with Crippen molar-refractivity contribution in [1.82, 2.24) is 14.9 Å². The monoisotopic (exact) mass is 721 g/mol. The lowest BCUT2D eigenvalue weighted by Gasteiger charge is -2.19. The van der Waals surface area contributed by atoms with E-state index in [0.29, 0.717) is 16.6 Å². The maximum Gasteiger partial charge on any atom is 0.490 e. The predicted molar refractivity (Wildman–Crippen MR) is 158 cm³/mol. The smallest absolute Gasteiger partial charge is 0.422 e. The average molecular weight is 721 g/mol. The Balaban J connectivity index is 1.42. The molecule has 1 fully saturated rings. The predicted octanol–water partition coefficient (Wildman–Crippen LogP) is -0.518. The van der Waals surface area contributed by atoms with Gasteiger partial charge < -0.3 is 45.3 Å². The molecular weight excluding hydrogens is 695 g/mol. The molecule has 0 aliphatic carbocycles. The van der Waals surface area contributed by atoms with Crippen molar-refractivity contribution in [2.75, 3.05) is 18.1 Å². The highest BCUT2D eigenvalue weighted by molar-refractivity contribution is 7.66. The van der Waals surface area contributed by atoms with E-state index in [1.165, 1.54) is 6.07 Å². The van der Waals surface area contributed by atoms with Crippen LogP contribution >= 0.6 is 23.5 Å². The Kier molecular flexibility index (Phi) is 10.6. The highest BCUT2D eigenvalue weighted by Gasteiger charge is 2.43. The zero-order valence-corrected chi connectivity index (χ0v) is 26.5. The molecule has 21 nitrogen and oxygen atoms in total. The first-order valence-corrected chi connectivity index (χ1v) is 17.4. The van der Waals surface area contributed by atoms with Crippen LogP contribution in [0, 0.1) is 18.9 Å². The first kappa shape index (κ1) is 36.1. The molecule has 1 aliphatic heterocycles. The minimum absolute atomic E-state index is 0.0707. The summed E-state index contributed by atoms with van der Waals surface area (Å²) < 4.78 is 57.5. The average Bonchev–Trinajstić information content (AvgIpc) is 3.29. The van der Waals surface area contributed by atoms with E-state index >= 15 is 0 Å². The number of carbonyl (C=O) groups is 1. The summed E-state index contributed by atoms with van der Waals surface area (Å²) in [4.78, 5) is 77.2. The third kappa shape index (κ3) is 9.43. The Labute approximate surface area is 262 Å². The number of carbonyl (C=O) groups excluding carboxylic acids is 1. The van der Waals surface area contributed by atoms with Crippen LogP contribution < -0.4 is 28.1 Å². The molecule has 5 atom stereocenters. The fraction of sp³-hybridized carbons (Fsp3) is 0.304. The lowest BCUT2D eigenvalue weighted by Crippen LogP contribution is -2.29. The first-order valence-electron chi connectivity index (χ1n) is 12.9. The molecule has 3 aromatic rings. The van der Waals surface area contributed by atoms with Crippen LogP contribution in [-0.2, 0) is 42.8 Å². The van der Waals surface area contributed by atoms with Crippen LogP contribution in [0.4, 0.5) is 11.5 Å². The molecule has 10 N–H and O–H groups in total. The molecule has 0 spiro atoms. The van der Waals surface area contributed by atoms with E-state index in [-0.39, 0.29) is 35.4 Å². The summed E-state index contributed by atoms with van der Waals surface area (Å²) in [5, 5.41) is 13.2. The van der Waals surface area contributed by atoms with Gasteiger partial charge in [-0.15, -0.1) is 0 Å². The zero-order chi connectivity index (χ0) is 34.9. The summed E-state index contributed by atoms with van der Waals surface area (Å²) >= 11 is 0. The summed E-state index contributed by atoms with van der Waals surface area (Å²) in [6.45, 7) is 0.673. The third-order valence-corrected chi connectivity index (χ3v) is 10.2. The van der Waals surface area contributed by atoms with Crippen LogP contribution in [0.15, 0.2) is 38.4 Å². The van der Waals surface area contributed by atoms with E-state index in [9.17, 15) is 43.0 Å². The molecule has 1 aromatic carbocycles. The Morgan fingerprint density at radius 2 is 1.85 bits per heavy atom. The maximum absolute atomic E-state index is 12.6. The quantitative estimate of drug-likeness (QED) is 0.0429. The second kappa shape index (κ2) is 13.8. The van der Waals surface area contributed by atoms with Crippen molar-refractivity contribution in [2.24, 2.45) is 0 Å². The Morgan fingerprint density at radius 1 is 1.15 bits per heavy atom. The number of nitrogen functional groups attached to an aromatic ring is 2. The van der Waals surface area contributed by atoms with Crippen LogP contribution in [-0.4, -0.2) is 59.0 Å². The van der Waals surface area contributed by atoms with Crippen LogP contribution in [0.25, 0.3) is 11.0 Å². The number of phosphoric ester groups is 1. The third-order valence-electron chi connectivity index (χ3n) is 6.36. The molecule has 3 unspecified atom stereocenters. The molecule has 3 heterocycles. The number of benzene rings is 1. The molecule has 254 valence electrons. The van der Waals surface area contributed by atoms with Gasteiger partial charge in [0.05, 0.1) is 30.3 Å². The molecule has 0 radical (unpaired) electrons. The second-order valence-corrected chi connectivity index (χ2v) is 14.2. The molecule has 1 aliphatic rings. The van der Waals surface area contributed by atoms with Gasteiger partial charge in [0.2, 0.25) is 5.91 Å². The molecule has 1 saturated heterocycles. The van der Waals surface area contributed by atoms with Gasteiger partial charge in [0.15, 0.2) is 0 Å². The van der Waals surface area contributed by atoms with Crippen molar-refractivity contribution in [3.05, 3.63) is 62.0 Å². The van der Waals surface area contributed by atoms with E-state index in [4.69, 9.17) is 30.4 Å². The SMILES string of the molecule is Cc1c(CC(=O)NC#Cc2cn([C@H]3C[C@@H](O)C(COP(=O)(O)OP(=O)(O)OP(=O)(O)O)O3)c(=O)nc2N)c(=O)oc2cc(N)ccc12. The molecular formula is C23H26N5O16P3. The number of aliphatic hydroxyl groups is 1. The number of nitrogens with one attached hydrogen (secondary N) is 1. The summed E-state index contributed by atoms with van der Waals surface area (Å²) in [5.41, 5.74) is 11.0. The van der Waals surface area contributed by atoms with Gasteiger partial charge >= 0.3 is 34.8 Å². The number of nitrogens with zero attached hydrogens (tertiary/aromatic N) is 2. The van der Waals surface area contributed by atoms with E-state index in [0.717, 1.165) is 10.8 Å². The highest BCUT2D eigenvalue weighted by atomic mass is 31.3. The molecule has 1 amide bonds. The van der Waals surface area contributed by atoms with E-state index in [2.05, 4.69) is 35.4 Å². The number of hydrogen-bond acceptors (Lipinski definition) is 15. The zero-order valence-electron chi connectivity index (χ0n) is 23.8. The number of ether oxygens (including phenoxy) is 1. The molecule has 0 bridgehead atoms. The van der Waals surface area contributed by atoms with Crippen LogP contribution in [0.2, 0.25) is 0 Å². The fourth-order valence-electron chi connectivity index (χ4n) is 4.28. The van der Waals surface area contributed by atoms with Crippen molar-refractivity contribution in [3.63, 3.8) is 0 Å². The number of aryl methyl sites for hydroxylation is 1. The topological polar surface area (TPSA) is 336 Å². The Morgan fingerprint density at radius 3 is 2.53 bits per heavy atom. The molecule has 2 aromatic heterocycles. The number of nitrogens with two attached hydrogens (primary N) is 2.